The van der Waals surface area contributed by atoms with Gasteiger partial charge in [0.15, 0.2) is 5.65 Å². The van der Waals surface area contributed by atoms with Crippen LogP contribution in [-0.4, -0.2) is 38.7 Å². The fourth-order valence-electron chi connectivity index (χ4n) is 4.26. The van der Waals surface area contributed by atoms with Crippen molar-refractivity contribution in [3.05, 3.63) is 77.2 Å². The minimum Gasteiger partial charge on any atom is -0.355 e. The number of benzene rings is 2. The molecular formula is C25H25ClN6O. The van der Waals surface area contributed by atoms with E-state index in [1.807, 2.05) is 47.3 Å². The molecule has 0 saturated carbocycles. The van der Waals surface area contributed by atoms with Crippen molar-refractivity contribution >= 4 is 34.4 Å². The van der Waals surface area contributed by atoms with Gasteiger partial charge in [-0.2, -0.15) is 0 Å². The van der Waals surface area contributed by atoms with Crippen LogP contribution in [0.1, 0.15) is 24.0 Å². The van der Waals surface area contributed by atoms with Gasteiger partial charge in [0.1, 0.15) is 12.1 Å². The number of fused-ring (bicyclic) bond motifs is 1. The van der Waals surface area contributed by atoms with Gasteiger partial charge in [-0.25, -0.2) is 14.6 Å². The number of carbonyl (C=O) groups is 1. The van der Waals surface area contributed by atoms with Crippen molar-refractivity contribution < 1.29 is 4.79 Å². The molecule has 1 aliphatic heterocycles. The highest BCUT2D eigenvalue weighted by Gasteiger charge is 2.28. The Kier molecular flexibility index (Phi) is 5.96. The molecule has 1 fully saturated rings. The molecule has 1 saturated heterocycles. The summed E-state index contributed by atoms with van der Waals surface area (Å²) in [6.45, 7) is 3.94. The molecule has 1 unspecified atom stereocenters. The second kappa shape index (κ2) is 9.19. The molecule has 8 heteroatoms. The predicted molar refractivity (Wildman–Crippen MR) is 130 cm³/mol. The van der Waals surface area contributed by atoms with Gasteiger partial charge in [0.2, 0.25) is 5.91 Å². The molecule has 1 amide bonds. The molecule has 2 aromatic carbocycles. The fraction of sp³-hybridized carbons (Fsp3) is 0.280. The molecule has 5 rings (SSSR count). The number of hydrogen-bond acceptors (Lipinski definition) is 5. The van der Waals surface area contributed by atoms with Gasteiger partial charge >= 0.3 is 0 Å². The topological polar surface area (TPSA) is 75.9 Å². The highest BCUT2D eigenvalue weighted by molar-refractivity contribution is 6.31. The number of nitrogens with one attached hydrogen (secondary N) is 1. The van der Waals surface area contributed by atoms with Crippen molar-refractivity contribution in [3.8, 4) is 5.69 Å². The van der Waals surface area contributed by atoms with E-state index >= 15 is 0 Å². The van der Waals surface area contributed by atoms with Crippen molar-refractivity contribution in [2.75, 3.05) is 18.0 Å². The van der Waals surface area contributed by atoms with Crippen molar-refractivity contribution in [2.45, 2.75) is 26.3 Å². The number of anilines is 1. The van der Waals surface area contributed by atoms with Crippen LogP contribution in [0.4, 0.5) is 5.82 Å². The summed E-state index contributed by atoms with van der Waals surface area (Å²) in [5.41, 5.74) is 3.73. The third kappa shape index (κ3) is 4.54. The lowest BCUT2D eigenvalue weighted by Crippen LogP contribution is -2.43. The molecule has 2 aromatic heterocycles. The Morgan fingerprint density at radius 3 is 2.79 bits per heavy atom. The van der Waals surface area contributed by atoms with Crippen LogP contribution in [0, 0.1) is 12.8 Å². The normalized spacial score (nSPS) is 16.2. The zero-order chi connectivity index (χ0) is 22.8. The summed E-state index contributed by atoms with van der Waals surface area (Å²) >= 11 is 6.22. The first-order chi connectivity index (χ1) is 16.1. The average Bonchev–Trinajstić information content (AvgIpc) is 3.28. The summed E-state index contributed by atoms with van der Waals surface area (Å²) in [5.74, 6) is 0.751. The van der Waals surface area contributed by atoms with Gasteiger partial charge < -0.3 is 10.2 Å². The summed E-state index contributed by atoms with van der Waals surface area (Å²) in [4.78, 5) is 24.0. The number of piperidine rings is 1. The molecule has 168 valence electrons. The second-order valence-electron chi connectivity index (χ2n) is 8.44. The van der Waals surface area contributed by atoms with Crippen LogP contribution < -0.4 is 10.2 Å². The molecule has 0 bridgehead atoms. The summed E-state index contributed by atoms with van der Waals surface area (Å²) in [7, 11) is 0. The van der Waals surface area contributed by atoms with E-state index in [-0.39, 0.29) is 11.8 Å². The van der Waals surface area contributed by atoms with Gasteiger partial charge in [0, 0.05) is 30.9 Å². The summed E-state index contributed by atoms with van der Waals surface area (Å²) < 4.78 is 1.83. The standard InChI is InChI=1S/C25H25ClN6O/c1-17-8-10-20(11-9-17)32-15-21-23(30-32)28-16-29-24(21)31-12-4-6-19(14-31)25(33)27-13-18-5-2-3-7-22(18)26/h2-3,5,7-11,15-16,19H,4,6,12-14H2,1H3,(H,27,33). The Labute approximate surface area is 197 Å². The maximum absolute atomic E-state index is 12.9. The van der Waals surface area contributed by atoms with E-state index < -0.39 is 0 Å². The van der Waals surface area contributed by atoms with Crippen LogP contribution >= 0.6 is 11.6 Å². The van der Waals surface area contributed by atoms with Gasteiger partial charge in [0.05, 0.1) is 17.0 Å². The Balaban J connectivity index is 1.33. The van der Waals surface area contributed by atoms with Crippen LogP contribution in [0.2, 0.25) is 5.02 Å². The van der Waals surface area contributed by atoms with E-state index in [9.17, 15) is 4.79 Å². The number of hydrogen-bond donors (Lipinski definition) is 1. The maximum Gasteiger partial charge on any atom is 0.225 e. The van der Waals surface area contributed by atoms with Gasteiger partial charge in [-0.3, -0.25) is 4.79 Å². The lowest BCUT2D eigenvalue weighted by Gasteiger charge is -2.33. The number of halogens is 1. The number of rotatable bonds is 5. The molecule has 1 N–H and O–H groups in total. The van der Waals surface area contributed by atoms with Crippen molar-refractivity contribution in [1.29, 1.82) is 0 Å². The first-order valence-electron chi connectivity index (χ1n) is 11.1. The van der Waals surface area contributed by atoms with E-state index in [1.54, 1.807) is 6.33 Å². The largest absolute Gasteiger partial charge is 0.355 e. The number of aromatic nitrogens is 4. The Morgan fingerprint density at radius 1 is 1.15 bits per heavy atom. The number of amides is 1. The minimum absolute atomic E-state index is 0.0419. The lowest BCUT2D eigenvalue weighted by atomic mass is 9.97. The summed E-state index contributed by atoms with van der Waals surface area (Å²) in [6.07, 6.45) is 5.28. The Morgan fingerprint density at radius 2 is 1.97 bits per heavy atom. The molecule has 7 nitrogen and oxygen atoms in total. The molecule has 1 atom stereocenters. The van der Waals surface area contributed by atoms with E-state index in [1.165, 1.54) is 5.56 Å². The van der Waals surface area contributed by atoms with E-state index in [0.29, 0.717) is 23.8 Å². The van der Waals surface area contributed by atoms with E-state index in [2.05, 4.69) is 44.3 Å². The van der Waals surface area contributed by atoms with Crippen LogP contribution in [0.3, 0.4) is 0 Å². The van der Waals surface area contributed by atoms with Crippen molar-refractivity contribution in [3.63, 3.8) is 0 Å². The van der Waals surface area contributed by atoms with E-state index in [0.717, 1.165) is 41.8 Å². The second-order valence-corrected chi connectivity index (χ2v) is 8.85. The lowest BCUT2D eigenvalue weighted by molar-refractivity contribution is -0.125. The molecular weight excluding hydrogens is 436 g/mol. The fourth-order valence-corrected chi connectivity index (χ4v) is 4.46. The quantitative estimate of drug-likeness (QED) is 0.480. The highest BCUT2D eigenvalue weighted by Crippen LogP contribution is 2.28. The van der Waals surface area contributed by atoms with Crippen LogP contribution in [-0.2, 0) is 11.3 Å². The van der Waals surface area contributed by atoms with Crippen LogP contribution in [0.25, 0.3) is 16.7 Å². The highest BCUT2D eigenvalue weighted by atomic mass is 35.5. The monoisotopic (exact) mass is 460 g/mol. The first kappa shape index (κ1) is 21.4. The molecule has 33 heavy (non-hydrogen) atoms. The Hall–Kier alpha value is -3.45. The molecule has 0 aliphatic carbocycles. The predicted octanol–water partition coefficient (Wildman–Crippen LogP) is 4.31. The average molecular weight is 461 g/mol. The molecule has 4 aromatic rings. The smallest absolute Gasteiger partial charge is 0.225 e. The maximum atomic E-state index is 12.9. The third-order valence-electron chi connectivity index (χ3n) is 6.10. The van der Waals surface area contributed by atoms with Gasteiger partial charge in [-0.15, -0.1) is 5.10 Å². The Bertz CT molecular complexity index is 1290. The van der Waals surface area contributed by atoms with Gasteiger partial charge in [-0.1, -0.05) is 47.5 Å². The number of nitrogens with zero attached hydrogens (tertiary/aromatic N) is 5. The van der Waals surface area contributed by atoms with Crippen molar-refractivity contribution in [2.24, 2.45) is 5.92 Å². The SMILES string of the molecule is Cc1ccc(-n2cc3c(N4CCCC(C(=O)NCc5ccccc5Cl)C4)ncnc3n2)cc1. The molecule has 0 radical (unpaired) electrons. The molecule has 1 aliphatic rings. The first-order valence-corrected chi connectivity index (χ1v) is 11.5. The van der Waals surface area contributed by atoms with Crippen molar-refractivity contribution in [1.82, 2.24) is 25.1 Å². The van der Waals surface area contributed by atoms with E-state index in [4.69, 9.17) is 11.6 Å². The van der Waals surface area contributed by atoms with Crippen LogP contribution in [0.5, 0.6) is 0 Å². The zero-order valence-corrected chi connectivity index (χ0v) is 19.2. The minimum atomic E-state index is -0.113. The summed E-state index contributed by atoms with van der Waals surface area (Å²) in [6, 6.07) is 15.8. The van der Waals surface area contributed by atoms with Gasteiger partial charge in [0.25, 0.3) is 0 Å². The number of carbonyl (C=O) groups excluding carboxylic acids is 1. The zero-order valence-electron chi connectivity index (χ0n) is 18.4. The van der Waals surface area contributed by atoms with Crippen LogP contribution in [0.15, 0.2) is 61.1 Å². The molecule has 0 spiro atoms. The molecule has 3 heterocycles. The van der Waals surface area contributed by atoms with Gasteiger partial charge in [-0.05, 0) is 43.5 Å². The summed E-state index contributed by atoms with van der Waals surface area (Å²) in [5, 5.41) is 9.24. The third-order valence-corrected chi connectivity index (χ3v) is 6.47. The number of aryl methyl sites for hydroxylation is 1.